The van der Waals surface area contributed by atoms with Gasteiger partial charge < -0.3 is 15.5 Å². The van der Waals surface area contributed by atoms with Crippen LogP contribution < -0.4 is 10.6 Å². The predicted molar refractivity (Wildman–Crippen MR) is 69.6 cm³/mol. The first-order valence-electron chi connectivity index (χ1n) is 6.32. The van der Waals surface area contributed by atoms with Crippen LogP contribution in [0.5, 0.6) is 0 Å². The smallest absolute Gasteiger partial charge is 0.322 e. The van der Waals surface area contributed by atoms with Gasteiger partial charge in [0.1, 0.15) is 0 Å². The van der Waals surface area contributed by atoms with Crippen LogP contribution in [0.25, 0.3) is 0 Å². The SMILES string of the molecule is Cc1cc(NC(=O)N2CCNCC2)ccc1C(F)(F)F. The number of urea groups is 1. The van der Waals surface area contributed by atoms with Gasteiger partial charge in [-0.25, -0.2) is 4.79 Å². The molecule has 0 radical (unpaired) electrons. The van der Waals surface area contributed by atoms with Crippen molar-refractivity contribution in [2.45, 2.75) is 13.1 Å². The molecular formula is C13H16F3N3O. The van der Waals surface area contributed by atoms with E-state index >= 15 is 0 Å². The second-order valence-corrected chi connectivity index (χ2v) is 4.69. The van der Waals surface area contributed by atoms with Crippen molar-refractivity contribution < 1.29 is 18.0 Å². The molecule has 1 fully saturated rings. The van der Waals surface area contributed by atoms with E-state index in [2.05, 4.69) is 10.6 Å². The molecule has 1 aliphatic rings. The minimum absolute atomic E-state index is 0.0932. The van der Waals surface area contributed by atoms with Crippen LogP contribution in [-0.4, -0.2) is 37.1 Å². The normalized spacial score (nSPS) is 16.1. The Labute approximate surface area is 114 Å². The van der Waals surface area contributed by atoms with E-state index < -0.39 is 11.7 Å². The number of rotatable bonds is 1. The van der Waals surface area contributed by atoms with Gasteiger partial charge in [0.05, 0.1) is 5.56 Å². The van der Waals surface area contributed by atoms with Gasteiger partial charge in [0.15, 0.2) is 0 Å². The summed E-state index contributed by atoms with van der Waals surface area (Å²) in [7, 11) is 0. The number of anilines is 1. The van der Waals surface area contributed by atoms with Crippen molar-refractivity contribution in [3.8, 4) is 0 Å². The van der Waals surface area contributed by atoms with E-state index in [0.717, 1.165) is 19.2 Å². The third kappa shape index (κ3) is 3.41. The van der Waals surface area contributed by atoms with Gasteiger partial charge in [0.25, 0.3) is 0 Å². The van der Waals surface area contributed by atoms with Gasteiger partial charge in [-0.05, 0) is 30.7 Å². The molecule has 0 bridgehead atoms. The van der Waals surface area contributed by atoms with Gasteiger partial charge >= 0.3 is 12.2 Å². The Bertz CT molecular complexity index is 496. The second-order valence-electron chi connectivity index (χ2n) is 4.69. The molecule has 0 aliphatic carbocycles. The highest BCUT2D eigenvalue weighted by molar-refractivity contribution is 5.89. The summed E-state index contributed by atoms with van der Waals surface area (Å²) in [6, 6.07) is 3.31. The van der Waals surface area contributed by atoms with E-state index in [1.54, 1.807) is 4.90 Å². The first-order valence-corrected chi connectivity index (χ1v) is 6.32. The highest BCUT2D eigenvalue weighted by Crippen LogP contribution is 2.32. The van der Waals surface area contributed by atoms with Crippen molar-refractivity contribution in [1.29, 1.82) is 0 Å². The Kier molecular flexibility index (Phi) is 4.17. The van der Waals surface area contributed by atoms with Gasteiger partial charge in [0.2, 0.25) is 0 Å². The standard InChI is InChI=1S/C13H16F3N3O/c1-9-8-10(2-3-11(9)13(14,15)16)18-12(20)19-6-4-17-5-7-19/h2-3,8,17H,4-7H2,1H3,(H,18,20). The molecule has 0 atom stereocenters. The average molecular weight is 287 g/mol. The molecule has 1 saturated heterocycles. The monoisotopic (exact) mass is 287 g/mol. The lowest BCUT2D eigenvalue weighted by atomic mass is 10.1. The van der Waals surface area contributed by atoms with E-state index in [1.165, 1.54) is 19.1 Å². The molecule has 2 amide bonds. The number of carbonyl (C=O) groups is 1. The summed E-state index contributed by atoms with van der Waals surface area (Å²) in [5.41, 5.74) is -0.215. The van der Waals surface area contributed by atoms with Gasteiger partial charge in [0, 0.05) is 31.9 Å². The zero-order valence-electron chi connectivity index (χ0n) is 11.0. The summed E-state index contributed by atoms with van der Waals surface area (Å²) in [4.78, 5) is 13.6. The molecule has 7 heteroatoms. The molecule has 2 N–H and O–H groups in total. The van der Waals surface area contributed by atoms with Gasteiger partial charge in [-0.15, -0.1) is 0 Å². The highest BCUT2D eigenvalue weighted by atomic mass is 19.4. The lowest BCUT2D eigenvalue weighted by Gasteiger charge is -2.27. The Balaban J connectivity index is 2.06. The molecule has 1 aromatic rings. The number of alkyl halides is 3. The first kappa shape index (κ1) is 14.6. The van der Waals surface area contributed by atoms with Gasteiger partial charge in [-0.1, -0.05) is 0 Å². The molecule has 0 spiro atoms. The molecule has 1 aromatic carbocycles. The first-order chi connectivity index (χ1) is 9.38. The molecule has 2 rings (SSSR count). The number of benzene rings is 1. The molecule has 1 aliphatic heterocycles. The zero-order valence-corrected chi connectivity index (χ0v) is 11.0. The molecule has 0 unspecified atom stereocenters. The molecule has 110 valence electrons. The molecular weight excluding hydrogens is 271 g/mol. The maximum absolute atomic E-state index is 12.6. The summed E-state index contributed by atoms with van der Waals surface area (Å²) < 4.78 is 37.9. The Morgan fingerprint density at radius 3 is 2.50 bits per heavy atom. The van der Waals surface area contributed by atoms with E-state index in [4.69, 9.17) is 0 Å². The van der Waals surface area contributed by atoms with Crippen LogP contribution in [-0.2, 0) is 6.18 Å². The largest absolute Gasteiger partial charge is 0.416 e. The number of aryl methyl sites for hydroxylation is 1. The van der Waals surface area contributed by atoms with Crippen LogP contribution in [0.4, 0.5) is 23.7 Å². The molecule has 1 heterocycles. The zero-order chi connectivity index (χ0) is 14.8. The summed E-state index contributed by atoms with van der Waals surface area (Å²) >= 11 is 0. The van der Waals surface area contributed by atoms with Gasteiger partial charge in [-0.3, -0.25) is 0 Å². The maximum Gasteiger partial charge on any atom is 0.416 e. The van der Waals surface area contributed by atoms with Crippen molar-refractivity contribution >= 4 is 11.7 Å². The van der Waals surface area contributed by atoms with Crippen LogP contribution in [0.1, 0.15) is 11.1 Å². The quantitative estimate of drug-likeness (QED) is 0.833. The predicted octanol–water partition coefficient (Wildman–Crippen LogP) is 2.45. The van der Waals surface area contributed by atoms with Crippen molar-refractivity contribution in [3.05, 3.63) is 29.3 Å². The van der Waals surface area contributed by atoms with Crippen molar-refractivity contribution in [3.63, 3.8) is 0 Å². The van der Waals surface area contributed by atoms with Gasteiger partial charge in [-0.2, -0.15) is 13.2 Å². The van der Waals surface area contributed by atoms with Crippen LogP contribution in [0.2, 0.25) is 0 Å². The van der Waals surface area contributed by atoms with Crippen LogP contribution in [0, 0.1) is 6.92 Å². The third-order valence-corrected chi connectivity index (χ3v) is 3.19. The van der Waals surface area contributed by atoms with Crippen LogP contribution in [0.15, 0.2) is 18.2 Å². The van der Waals surface area contributed by atoms with E-state index in [-0.39, 0.29) is 11.6 Å². The number of carbonyl (C=O) groups excluding carboxylic acids is 1. The lowest BCUT2D eigenvalue weighted by molar-refractivity contribution is -0.138. The summed E-state index contributed by atoms with van der Waals surface area (Å²) in [5.74, 6) is 0. The molecule has 0 aromatic heterocycles. The number of nitrogens with zero attached hydrogens (tertiary/aromatic N) is 1. The highest BCUT2D eigenvalue weighted by Gasteiger charge is 2.32. The van der Waals surface area contributed by atoms with E-state index in [1.807, 2.05) is 0 Å². The van der Waals surface area contributed by atoms with Crippen molar-refractivity contribution in [1.82, 2.24) is 10.2 Å². The van der Waals surface area contributed by atoms with E-state index in [9.17, 15) is 18.0 Å². The Morgan fingerprint density at radius 2 is 1.95 bits per heavy atom. The second kappa shape index (κ2) is 5.70. The number of hydrogen-bond acceptors (Lipinski definition) is 2. The number of piperazine rings is 1. The minimum Gasteiger partial charge on any atom is -0.322 e. The average Bonchev–Trinajstić information content (AvgIpc) is 2.38. The Morgan fingerprint density at radius 1 is 1.30 bits per heavy atom. The van der Waals surface area contributed by atoms with Crippen molar-refractivity contribution in [2.24, 2.45) is 0 Å². The van der Waals surface area contributed by atoms with Crippen molar-refractivity contribution in [2.75, 3.05) is 31.5 Å². The number of halogens is 3. The summed E-state index contributed by atoms with van der Waals surface area (Å²) in [6.45, 7) is 4.00. The fourth-order valence-corrected chi connectivity index (χ4v) is 2.13. The van der Waals surface area contributed by atoms with Crippen LogP contribution >= 0.6 is 0 Å². The fourth-order valence-electron chi connectivity index (χ4n) is 2.13. The fraction of sp³-hybridized carbons (Fsp3) is 0.462. The minimum atomic E-state index is -4.37. The lowest BCUT2D eigenvalue weighted by Crippen LogP contribution is -2.48. The summed E-state index contributed by atoms with van der Waals surface area (Å²) in [6.07, 6.45) is -4.37. The molecule has 0 saturated carbocycles. The third-order valence-electron chi connectivity index (χ3n) is 3.19. The van der Waals surface area contributed by atoms with E-state index in [0.29, 0.717) is 18.8 Å². The maximum atomic E-state index is 12.6. The molecule has 4 nitrogen and oxygen atoms in total. The number of nitrogens with one attached hydrogen (secondary N) is 2. The number of hydrogen-bond donors (Lipinski definition) is 2. The van der Waals surface area contributed by atoms with Crippen LogP contribution in [0.3, 0.4) is 0 Å². The summed E-state index contributed by atoms with van der Waals surface area (Å²) in [5, 5.41) is 5.74. The molecule has 20 heavy (non-hydrogen) atoms. The Hall–Kier alpha value is -1.76. The topological polar surface area (TPSA) is 44.4 Å². The number of amides is 2.